The third kappa shape index (κ3) is 4.40. The summed E-state index contributed by atoms with van der Waals surface area (Å²) in [6.45, 7) is 4.68. The molecule has 0 atom stereocenters. The van der Waals surface area contributed by atoms with Crippen molar-refractivity contribution in [3.05, 3.63) is 59.0 Å². The minimum atomic E-state index is 0.662. The second-order valence-electron chi connectivity index (χ2n) is 5.52. The molecule has 0 saturated heterocycles. The van der Waals surface area contributed by atoms with Crippen molar-refractivity contribution in [2.75, 3.05) is 19.1 Å². The van der Waals surface area contributed by atoms with Gasteiger partial charge in [0.25, 0.3) is 0 Å². The number of aryl methyl sites for hydroxylation is 1. The van der Waals surface area contributed by atoms with E-state index >= 15 is 0 Å². The Labute approximate surface area is 157 Å². The van der Waals surface area contributed by atoms with E-state index in [0.29, 0.717) is 6.61 Å². The number of hydrazone groups is 1. The number of thiazole rings is 1. The van der Waals surface area contributed by atoms with Crippen LogP contribution in [0.4, 0.5) is 5.13 Å². The Morgan fingerprint density at radius 2 is 1.77 bits per heavy atom. The molecule has 0 spiro atoms. The van der Waals surface area contributed by atoms with E-state index in [-0.39, 0.29) is 0 Å². The SMILES string of the molecule is CCOc1ccc(/C=N/Nc2nc(-c3ccc(OC)cc3)c(C)s2)cc1. The molecule has 1 N–H and O–H groups in total. The first-order valence-electron chi connectivity index (χ1n) is 8.33. The molecule has 1 aromatic heterocycles. The van der Waals surface area contributed by atoms with Gasteiger partial charge >= 0.3 is 0 Å². The highest BCUT2D eigenvalue weighted by Crippen LogP contribution is 2.31. The number of methoxy groups -OCH3 is 1. The number of hydrogen-bond acceptors (Lipinski definition) is 6. The fraction of sp³-hybridized carbons (Fsp3) is 0.200. The lowest BCUT2D eigenvalue weighted by Gasteiger charge is -2.02. The van der Waals surface area contributed by atoms with E-state index in [9.17, 15) is 0 Å². The Morgan fingerprint density at radius 1 is 1.08 bits per heavy atom. The summed E-state index contributed by atoms with van der Waals surface area (Å²) in [4.78, 5) is 5.77. The Balaban J connectivity index is 1.66. The highest BCUT2D eigenvalue weighted by Gasteiger charge is 2.09. The number of ether oxygens (including phenoxy) is 2. The average molecular weight is 367 g/mol. The molecule has 0 aliphatic heterocycles. The van der Waals surface area contributed by atoms with Crippen LogP contribution >= 0.6 is 11.3 Å². The highest BCUT2D eigenvalue weighted by atomic mass is 32.1. The molecule has 0 amide bonds. The van der Waals surface area contributed by atoms with E-state index in [4.69, 9.17) is 9.47 Å². The van der Waals surface area contributed by atoms with Crippen LogP contribution in [-0.2, 0) is 0 Å². The maximum atomic E-state index is 5.43. The molecule has 1 heterocycles. The third-order valence-corrected chi connectivity index (χ3v) is 4.60. The van der Waals surface area contributed by atoms with E-state index < -0.39 is 0 Å². The summed E-state index contributed by atoms with van der Waals surface area (Å²) in [7, 11) is 1.66. The lowest BCUT2D eigenvalue weighted by Crippen LogP contribution is -1.92. The number of benzene rings is 2. The predicted octanol–water partition coefficient (Wildman–Crippen LogP) is 4.97. The van der Waals surface area contributed by atoms with E-state index in [1.807, 2.05) is 55.5 Å². The quantitative estimate of drug-likeness (QED) is 0.473. The van der Waals surface area contributed by atoms with Gasteiger partial charge in [-0.25, -0.2) is 4.98 Å². The summed E-state index contributed by atoms with van der Waals surface area (Å²) in [5.41, 5.74) is 6.01. The Kier molecular flexibility index (Phi) is 5.86. The fourth-order valence-corrected chi connectivity index (χ4v) is 3.23. The van der Waals surface area contributed by atoms with Crippen LogP contribution in [0.5, 0.6) is 11.5 Å². The van der Waals surface area contributed by atoms with Gasteiger partial charge in [0.15, 0.2) is 0 Å². The van der Waals surface area contributed by atoms with Crippen LogP contribution in [0, 0.1) is 6.92 Å². The third-order valence-electron chi connectivity index (χ3n) is 3.72. The normalized spacial score (nSPS) is 10.9. The van der Waals surface area contributed by atoms with Crippen LogP contribution in [0.1, 0.15) is 17.4 Å². The Bertz CT molecular complexity index is 871. The van der Waals surface area contributed by atoms with E-state index in [0.717, 1.165) is 38.3 Å². The molecule has 0 aliphatic carbocycles. The summed E-state index contributed by atoms with van der Waals surface area (Å²) in [5.74, 6) is 1.69. The standard InChI is InChI=1S/C20H21N3O2S/c1-4-25-18-9-5-15(6-10-18)13-21-23-20-22-19(14(2)26-20)16-7-11-17(24-3)12-8-16/h5-13H,4H2,1-3H3,(H,22,23)/b21-13+. The minimum absolute atomic E-state index is 0.662. The number of hydrogen-bond donors (Lipinski definition) is 1. The van der Waals surface area contributed by atoms with Crippen molar-refractivity contribution in [1.29, 1.82) is 0 Å². The Hall–Kier alpha value is -2.86. The molecule has 2 aromatic carbocycles. The van der Waals surface area contributed by atoms with Gasteiger partial charge in [0.1, 0.15) is 11.5 Å². The van der Waals surface area contributed by atoms with Crippen molar-refractivity contribution in [1.82, 2.24) is 4.98 Å². The zero-order valence-corrected chi connectivity index (χ0v) is 15.8. The molecule has 5 nitrogen and oxygen atoms in total. The average Bonchev–Trinajstić information content (AvgIpc) is 3.04. The lowest BCUT2D eigenvalue weighted by molar-refractivity contribution is 0.340. The van der Waals surface area contributed by atoms with Gasteiger partial charge in [0, 0.05) is 10.4 Å². The maximum Gasteiger partial charge on any atom is 0.204 e. The van der Waals surface area contributed by atoms with E-state index in [1.54, 1.807) is 24.7 Å². The molecule has 6 heteroatoms. The van der Waals surface area contributed by atoms with Crippen molar-refractivity contribution in [3.8, 4) is 22.8 Å². The molecular formula is C20H21N3O2S. The summed E-state index contributed by atoms with van der Waals surface area (Å²) in [6, 6.07) is 15.7. The number of nitrogens with one attached hydrogen (secondary N) is 1. The van der Waals surface area contributed by atoms with Crippen molar-refractivity contribution in [2.24, 2.45) is 5.10 Å². The zero-order chi connectivity index (χ0) is 18.4. The topological polar surface area (TPSA) is 55.7 Å². The lowest BCUT2D eigenvalue weighted by atomic mass is 10.1. The molecule has 0 bridgehead atoms. The number of nitrogens with zero attached hydrogens (tertiary/aromatic N) is 2. The van der Waals surface area contributed by atoms with E-state index in [2.05, 4.69) is 22.4 Å². The van der Waals surface area contributed by atoms with Crippen molar-refractivity contribution >= 4 is 22.7 Å². The van der Waals surface area contributed by atoms with Crippen molar-refractivity contribution in [2.45, 2.75) is 13.8 Å². The van der Waals surface area contributed by atoms with Gasteiger partial charge in [0.05, 0.1) is 25.6 Å². The summed E-state index contributed by atoms with van der Waals surface area (Å²) in [6.07, 6.45) is 1.76. The van der Waals surface area contributed by atoms with Crippen LogP contribution < -0.4 is 14.9 Å². The van der Waals surface area contributed by atoms with Gasteiger partial charge in [-0.15, -0.1) is 11.3 Å². The molecule has 3 rings (SSSR count). The molecule has 0 fully saturated rings. The largest absolute Gasteiger partial charge is 0.497 e. The number of anilines is 1. The van der Waals surface area contributed by atoms with Crippen LogP contribution in [0.15, 0.2) is 53.6 Å². The molecule has 0 aliphatic rings. The molecule has 0 unspecified atom stereocenters. The van der Waals surface area contributed by atoms with E-state index in [1.165, 1.54) is 0 Å². The zero-order valence-electron chi connectivity index (χ0n) is 15.0. The second-order valence-corrected chi connectivity index (χ2v) is 6.73. The van der Waals surface area contributed by atoms with Gasteiger partial charge in [-0.1, -0.05) is 0 Å². The molecule has 3 aromatic rings. The fourth-order valence-electron chi connectivity index (χ4n) is 2.44. The summed E-state index contributed by atoms with van der Waals surface area (Å²) < 4.78 is 10.6. The predicted molar refractivity (Wildman–Crippen MR) is 108 cm³/mol. The van der Waals surface area contributed by atoms with Crippen LogP contribution in [-0.4, -0.2) is 24.9 Å². The summed E-state index contributed by atoms with van der Waals surface area (Å²) in [5, 5.41) is 5.03. The van der Waals surface area contributed by atoms with Crippen LogP contribution in [0.2, 0.25) is 0 Å². The first kappa shape index (κ1) is 17.9. The first-order chi connectivity index (χ1) is 12.7. The molecule has 134 valence electrons. The molecular weight excluding hydrogens is 346 g/mol. The summed E-state index contributed by atoms with van der Waals surface area (Å²) >= 11 is 1.58. The van der Waals surface area contributed by atoms with Gasteiger partial charge in [0.2, 0.25) is 5.13 Å². The molecule has 26 heavy (non-hydrogen) atoms. The Morgan fingerprint density at radius 3 is 2.42 bits per heavy atom. The monoisotopic (exact) mass is 367 g/mol. The first-order valence-corrected chi connectivity index (χ1v) is 9.15. The molecule has 0 radical (unpaired) electrons. The smallest absolute Gasteiger partial charge is 0.204 e. The molecule has 0 saturated carbocycles. The maximum absolute atomic E-state index is 5.43. The van der Waals surface area contributed by atoms with Crippen molar-refractivity contribution < 1.29 is 9.47 Å². The van der Waals surface area contributed by atoms with Gasteiger partial charge in [-0.05, 0) is 67.9 Å². The van der Waals surface area contributed by atoms with Crippen LogP contribution in [0.25, 0.3) is 11.3 Å². The van der Waals surface area contributed by atoms with Gasteiger partial charge in [-0.3, -0.25) is 5.43 Å². The van der Waals surface area contributed by atoms with Gasteiger partial charge < -0.3 is 9.47 Å². The van der Waals surface area contributed by atoms with Gasteiger partial charge in [-0.2, -0.15) is 5.10 Å². The van der Waals surface area contributed by atoms with Crippen molar-refractivity contribution in [3.63, 3.8) is 0 Å². The second kappa shape index (κ2) is 8.49. The number of rotatable bonds is 7. The highest BCUT2D eigenvalue weighted by molar-refractivity contribution is 7.15. The van der Waals surface area contributed by atoms with Crippen LogP contribution in [0.3, 0.4) is 0 Å². The number of aromatic nitrogens is 1. The minimum Gasteiger partial charge on any atom is -0.497 e.